The third-order valence-corrected chi connectivity index (χ3v) is 12.6. The summed E-state index contributed by atoms with van der Waals surface area (Å²) in [6.07, 6.45) is 1.91. The number of hydrogen-bond acceptors (Lipinski definition) is 9. The van der Waals surface area contributed by atoms with Gasteiger partial charge in [0.05, 0.1) is 29.6 Å². The quantitative estimate of drug-likeness (QED) is 0.414. The van der Waals surface area contributed by atoms with Crippen molar-refractivity contribution in [2.45, 2.75) is 87.1 Å². The van der Waals surface area contributed by atoms with Gasteiger partial charge in [0.1, 0.15) is 16.8 Å². The van der Waals surface area contributed by atoms with Gasteiger partial charge in [0.25, 0.3) is 0 Å². The molecule has 0 radical (unpaired) electrons. The van der Waals surface area contributed by atoms with Crippen LogP contribution in [0.4, 0.5) is 5.69 Å². The SMILES string of the molecule is CCN1C[C@]2(OC(=O)c3ccccc3NC(C)=O)CC[C@H](OC)[C@]34[C@@H]1[C@H](C[C@@H]23)[C@@]1(O)C[C@H](OC)[C@H]2C[C@H]4[C@]1(O)[C@H]2OC. The van der Waals surface area contributed by atoms with Crippen LogP contribution in [0.3, 0.4) is 0 Å². The van der Waals surface area contributed by atoms with E-state index >= 15 is 0 Å². The number of ether oxygens (including phenoxy) is 4. The Morgan fingerprint density at radius 3 is 2.50 bits per heavy atom. The molecule has 230 valence electrons. The van der Waals surface area contributed by atoms with Gasteiger partial charge in [-0.05, 0) is 44.4 Å². The maximum atomic E-state index is 14.0. The molecular weight excluding hydrogens is 540 g/mol. The van der Waals surface area contributed by atoms with Gasteiger partial charge in [-0.2, -0.15) is 0 Å². The Labute approximate surface area is 247 Å². The molecule has 1 spiro atoms. The first kappa shape index (κ1) is 28.7. The minimum absolute atomic E-state index is 0.0432. The van der Waals surface area contributed by atoms with Crippen LogP contribution in [0.1, 0.15) is 56.3 Å². The standard InChI is InChI=1S/C32H44N2O8/c1-6-34-16-29(42-28(36)18-9-7-8-10-21(18)33-17(2)35)12-11-25(40-4)31-23(29)14-20(26(31)34)30(37)15-22(39-3)19-13-24(31)32(30,38)27(19)41-5/h7-10,19-20,22-27,37-38H,6,11-16H2,1-5H3,(H,33,35)/t19-,20+,22+,23+,24-,25+,26+,27+,29-,30+,31+,32+/m1/s1. The summed E-state index contributed by atoms with van der Waals surface area (Å²) in [4.78, 5) is 28.3. The fraction of sp³-hybridized carbons (Fsp3) is 0.750. The molecule has 3 N–H and O–H groups in total. The number of methoxy groups -OCH3 is 3. The van der Waals surface area contributed by atoms with Gasteiger partial charge < -0.3 is 34.5 Å². The third kappa shape index (κ3) is 3.21. The van der Waals surface area contributed by atoms with Crippen molar-refractivity contribution in [2.24, 2.45) is 29.1 Å². The topological polar surface area (TPSA) is 127 Å². The highest BCUT2D eigenvalue weighted by Gasteiger charge is 2.89. The van der Waals surface area contributed by atoms with E-state index in [1.54, 1.807) is 45.6 Å². The van der Waals surface area contributed by atoms with Gasteiger partial charge in [-0.1, -0.05) is 19.1 Å². The van der Waals surface area contributed by atoms with Gasteiger partial charge in [0, 0.05) is 76.3 Å². The molecule has 6 aliphatic rings. The molecule has 1 heterocycles. The summed E-state index contributed by atoms with van der Waals surface area (Å²) < 4.78 is 25.1. The number of benzene rings is 1. The van der Waals surface area contributed by atoms with E-state index in [9.17, 15) is 19.8 Å². The van der Waals surface area contributed by atoms with Gasteiger partial charge >= 0.3 is 5.97 Å². The van der Waals surface area contributed by atoms with E-state index in [4.69, 9.17) is 18.9 Å². The number of carbonyl (C=O) groups excluding carboxylic acids is 2. The number of aliphatic hydroxyl groups is 2. The van der Waals surface area contributed by atoms with Gasteiger partial charge in [-0.25, -0.2) is 4.79 Å². The van der Waals surface area contributed by atoms with Gasteiger partial charge in [-0.15, -0.1) is 0 Å². The summed E-state index contributed by atoms with van der Waals surface area (Å²) in [6.45, 7) is 4.79. The maximum absolute atomic E-state index is 14.0. The number of anilines is 1. The number of fused-ring (bicyclic) bond motifs is 2. The zero-order valence-electron chi connectivity index (χ0n) is 25.2. The van der Waals surface area contributed by atoms with Crippen molar-refractivity contribution in [1.82, 2.24) is 4.90 Å². The van der Waals surface area contributed by atoms with E-state index in [1.165, 1.54) is 6.92 Å². The fourth-order valence-corrected chi connectivity index (χ4v) is 11.6. The number of esters is 1. The summed E-state index contributed by atoms with van der Waals surface area (Å²) in [7, 11) is 5.05. The molecule has 1 saturated heterocycles. The smallest absolute Gasteiger partial charge is 0.340 e. The number of likely N-dealkylation sites (N-methyl/N-ethyl adjacent to an activating group) is 1. The molecule has 1 aromatic carbocycles. The molecule has 7 rings (SSSR count). The highest BCUT2D eigenvalue weighted by Crippen LogP contribution is 2.79. The lowest BCUT2D eigenvalue weighted by Crippen LogP contribution is -2.83. The number of rotatable bonds is 7. The molecule has 6 fully saturated rings. The average molecular weight is 585 g/mol. The Kier molecular flexibility index (Phi) is 6.46. The molecule has 0 aromatic heterocycles. The molecule has 5 aliphatic carbocycles. The number of likely N-dealkylation sites (tertiary alicyclic amines) is 1. The van der Waals surface area contributed by atoms with E-state index in [2.05, 4.69) is 17.1 Å². The van der Waals surface area contributed by atoms with E-state index < -0.39 is 34.3 Å². The second kappa shape index (κ2) is 9.46. The van der Waals surface area contributed by atoms with Crippen molar-refractivity contribution in [3.8, 4) is 0 Å². The van der Waals surface area contributed by atoms with Crippen molar-refractivity contribution >= 4 is 17.6 Å². The van der Waals surface area contributed by atoms with Crippen LogP contribution >= 0.6 is 0 Å². The highest BCUT2D eigenvalue weighted by atomic mass is 16.6. The number of hydrogen-bond donors (Lipinski definition) is 3. The van der Waals surface area contributed by atoms with Gasteiger partial charge in [0.2, 0.25) is 5.91 Å². The molecule has 1 aliphatic heterocycles. The number of amides is 1. The predicted octanol–water partition coefficient (Wildman–Crippen LogP) is 2.22. The van der Waals surface area contributed by atoms with Crippen molar-refractivity contribution in [3.05, 3.63) is 29.8 Å². The summed E-state index contributed by atoms with van der Waals surface area (Å²) in [5, 5.41) is 28.4. The molecule has 42 heavy (non-hydrogen) atoms. The Hall–Kier alpha value is -2.08. The Bertz CT molecular complexity index is 1290. The first-order valence-corrected chi connectivity index (χ1v) is 15.4. The van der Waals surface area contributed by atoms with E-state index in [1.807, 2.05) is 0 Å². The van der Waals surface area contributed by atoms with Crippen molar-refractivity contribution in [2.75, 3.05) is 39.7 Å². The molecule has 1 amide bonds. The molecule has 10 heteroatoms. The van der Waals surface area contributed by atoms with Crippen LogP contribution in [-0.4, -0.2) is 103 Å². The second-order valence-corrected chi connectivity index (χ2v) is 13.7. The molecule has 12 atom stereocenters. The van der Waals surface area contributed by atoms with Crippen LogP contribution < -0.4 is 5.32 Å². The van der Waals surface area contributed by atoms with E-state index in [-0.39, 0.29) is 47.8 Å². The van der Waals surface area contributed by atoms with E-state index in [0.29, 0.717) is 56.4 Å². The Balaban J connectivity index is 1.38. The third-order valence-electron chi connectivity index (χ3n) is 12.6. The molecular formula is C32H44N2O8. The predicted molar refractivity (Wildman–Crippen MR) is 152 cm³/mol. The molecule has 10 nitrogen and oxygen atoms in total. The zero-order chi connectivity index (χ0) is 29.8. The Morgan fingerprint density at radius 2 is 1.83 bits per heavy atom. The van der Waals surface area contributed by atoms with Crippen LogP contribution in [-0.2, 0) is 23.7 Å². The molecule has 7 bridgehead atoms. The number of piperidine rings is 1. The normalized spacial score (nSPS) is 48.2. The largest absolute Gasteiger partial charge is 0.454 e. The lowest BCUT2D eigenvalue weighted by Gasteiger charge is -2.70. The summed E-state index contributed by atoms with van der Waals surface area (Å²) in [6, 6.07) is 6.89. The molecule has 1 aromatic rings. The van der Waals surface area contributed by atoms with Gasteiger partial charge in [0.15, 0.2) is 0 Å². The minimum atomic E-state index is -1.48. The number of nitrogens with zero attached hydrogens (tertiary/aromatic N) is 1. The first-order valence-electron chi connectivity index (χ1n) is 15.4. The number of para-hydroxylation sites is 1. The van der Waals surface area contributed by atoms with Crippen LogP contribution in [0.2, 0.25) is 0 Å². The number of nitrogens with one attached hydrogen (secondary N) is 1. The van der Waals surface area contributed by atoms with Crippen LogP contribution in [0.15, 0.2) is 24.3 Å². The zero-order valence-corrected chi connectivity index (χ0v) is 25.2. The summed E-state index contributed by atoms with van der Waals surface area (Å²) in [5.41, 5.74) is -3.57. The minimum Gasteiger partial charge on any atom is -0.454 e. The van der Waals surface area contributed by atoms with Crippen molar-refractivity contribution in [1.29, 1.82) is 0 Å². The van der Waals surface area contributed by atoms with Crippen molar-refractivity contribution in [3.63, 3.8) is 0 Å². The van der Waals surface area contributed by atoms with E-state index in [0.717, 1.165) is 0 Å². The fourth-order valence-electron chi connectivity index (χ4n) is 11.6. The van der Waals surface area contributed by atoms with Gasteiger partial charge in [-0.3, -0.25) is 9.69 Å². The van der Waals surface area contributed by atoms with Crippen LogP contribution in [0, 0.1) is 29.1 Å². The van der Waals surface area contributed by atoms with Crippen LogP contribution in [0.25, 0.3) is 0 Å². The summed E-state index contributed by atoms with van der Waals surface area (Å²) in [5.74, 6) is -1.54. The highest BCUT2D eigenvalue weighted by molar-refractivity contribution is 6.00. The lowest BCUT2D eigenvalue weighted by atomic mass is 9.44. The Morgan fingerprint density at radius 1 is 1.07 bits per heavy atom. The van der Waals surface area contributed by atoms with Crippen molar-refractivity contribution < 1.29 is 38.7 Å². The maximum Gasteiger partial charge on any atom is 0.340 e. The molecule has 5 saturated carbocycles. The molecule has 0 unspecified atom stereocenters. The first-order chi connectivity index (χ1) is 20.1. The number of carbonyl (C=O) groups is 2. The lowest BCUT2D eigenvalue weighted by molar-refractivity contribution is -0.337. The monoisotopic (exact) mass is 584 g/mol. The second-order valence-electron chi connectivity index (χ2n) is 13.7. The summed E-state index contributed by atoms with van der Waals surface area (Å²) >= 11 is 0. The average Bonchev–Trinajstić information content (AvgIpc) is 3.39. The van der Waals surface area contributed by atoms with Crippen LogP contribution in [0.5, 0.6) is 0 Å².